The molecular formula is C26H37N3O3. The van der Waals surface area contributed by atoms with E-state index in [4.69, 9.17) is 9.47 Å². The summed E-state index contributed by atoms with van der Waals surface area (Å²) < 4.78 is 11.0. The lowest BCUT2D eigenvalue weighted by atomic mass is 10.1. The molecule has 0 aliphatic carbocycles. The summed E-state index contributed by atoms with van der Waals surface area (Å²) in [5.41, 5.74) is 1.89. The number of hydrogen-bond donors (Lipinski definition) is 0. The van der Waals surface area contributed by atoms with E-state index in [1.54, 1.807) is 20.2 Å². The molecule has 1 aromatic heterocycles. The van der Waals surface area contributed by atoms with Gasteiger partial charge in [0, 0.05) is 57.3 Å². The summed E-state index contributed by atoms with van der Waals surface area (Å²) in [5.74, 6) is 1.94. The van der Waals surface area contributed by atoms with Crippen molar-refractivity contribution in [1.29, 1.82) is 0 Å². The van der Waals surface area contributed by atoms with Crippen molar-refractivity contribution in [3.05, 3.63) is 48.2 Å². The highest BCUT2D eigenvalue weighted by Crippen LogP contribution is 2.22. The number of unbranched alkanes of at least 4 members (excludes halogenated alkanes) is 5. The Kier molecular flexibility index (Phi) is 9.82. The molecule has 0 spiro atoms. The van der Waals surface area contributed by atoms with Gasteiger partial charge in [-0.15, -0.1) is 0 Å². The van der Waals surface area contributed by atoms with Gasteiger partial charge in [0.1, 0.15) is 11.6 Å². The monoisotopic (exact) mass is 439 g/mol. The largest absolute Gasteiger partial charge is 0.494 e. The topological polar surface area (TPSA) is 54.9 Å². The van der Waals surface area contributed by atoms with Crippen LogP contribution in [0, 0.1) is 0 Å². The van der Waals surface area contributed by atoms with Crippen LogP contribution in [0.15, 0.2) is 42.6 Å². The maximum Gasteiger partial charge on any atom is 0.161 e. The summed E-state index contributed by atoms with van der Waals surface area (Å²) in [7, 11) is 1.76. The Morgan fingerprint density at radius 2 is 1.47 bits per heavy atom. The minimum absolute atomic E-state index is 0.0509. The Bertz CT molecular complexity index is 800. The van der Waals surface area contributed by atoms with Crippen LogP contribution in [0.4, 0.5) is 11.5 Å². The predicted molar refractivity (Wildman–Crippen MR) is 130 cm³/mol. The normalized spacial score (nSPS) is 13.9. The highest BCUT2D eigenvalue weighted by molar-refractivity contribution is 5.93. The molecule has 1 fully saturated rings. The van der Waals surface area contributed by atoms with Gasteiger partial charge in [-0.25, -0.2) is 4.98 Å². The number of pyridine rings is 1. The van der Waals surface area contributed by atoms with Gasteiger partial charge in [0.25, 0.3) is 0 Å². The lowest BCUT2D eigenvalue weighted by molar-refractivity contribution is 0.101. The van der Waals surface area contributed by atoms with Crippen molar-refractivity contribution in [3.63, 3.8) is 0 Å². The molecule has 0 N–H and O–H groups in total. The molecule has 0 saturated carbocycles. The third-order valence-corrected chi connectivity index (χ3v) is 5.97. The molecule has 32 heavy (non-hydrogen) atoms. The van der Waals surface area contributed by atoms with Crippen molar-refractivity contribution in [2.45, 2.75) is 45.4 Å². The summed E-state index contributed by atoms with van der Waals surface area (Å²) in [5, 5.41) is 0. The highest BCUT2D eigenvalue weighted by atomic mass is 16.5. The number of ketones is 1. The number of nitrogens with zero attached hydrogens (tertiary/aromatic N) is 3. The maximum absolute atomic E-state index is 11.4. The smallest absolute Gasteiger partial charge is 0.161 e. The molecule has 0 bridgehead atoms. The summed E-state index contributed by atoms with van der Waals surface area (Å²) in [6, 6.07) is 12.3. The second-order valence-corrected chi connectivity index (χ2v) is 8.39. The number of Topliss-reactive ketones (excluding diaryl/α,β-unsaturated/α-hetero) is 1. The van der Waals surface area contributed by atoms with Crippen molar-refractivity contribution in [2.75, 3.05) is 56.3 Å². The van der Waals surface area contributed by atoms with Crippen LogP contribution in [0.2, 0.25) is 0 Å². The second-order valence-electron chi connectivity index (χ2n) is 8.39. The fraction of sp³-hybridized carbons (Fsp3) is 0.538. The van der Waals surface area contributed by atoms with E-state index in [1.807, 2.05) is 12.1 Å². The van der Waals surface area contributed by atoms with Crippen LogP contribution in [0.3, 0.4) is 0 Å². The van der Waals surface area contributed by atoms with Crippen LogP contribution in [0.25, 0.3) is 0 Å². The quantitative estimate of drug-likeness (QED) is 0.324. The molecule has 1 aliphatic heterocycles. The van der Waals surface area contributed by atoms with Crippen LogP contribution in [0.5, 0.6) is 5.75 Å². The lowest BCUT2D eigenvalue weighted by Crippen LogP contribution is -2.46. The molecule has 174 valence electrons. The average molecular weight is 440 g/mol. The summed E-state index contributed by atoms with van der Waals surface area (Å²) in [4.78, 5) is 20.6. The number of benzene rings is 1. The number of carbonyl (C=O) groups is 1. The molecule has 0 atom stereocenters. The van der Waals surface area contributed by atoms with Crippen LogP contribution in [0.1, 0.15) is 55.8 Å². The van der Waals surface area contributed by atoms with E-state index >= 15 is 0 Å². The number of ether oxygens (including phenoxy) is 2. The van der Waals surface area contributed by atoms with Crippen LogP contribution >= 0.6 is 0 Å². The first-order valence-electron chi connectivity index (χ1n) is 11.9. The predicted octanol–water partition coefficient (Wildman–Crippen LogP) is 4.98. The SMILES string of the molecule is COCCCCCCCCOc1ccc(N2CCN(c3ccc(C(C)=O)cn3)CC2)cc1. The Morgan fingerprint density at radius 3 is 2.06 bits per heavy atom. The Balaban J connectivity index is 1.34. The van der Waals surface area contributed by atoms with E-state index in [0.717, 1.165) is 57.4 Å². The van der Waals surface area contributed by atoms with E-state index in [9.17, 15) is 4.79 Å². The van der Waals surface area contributed by atoms with Crippen LogP contribution < -0.4 is 14.5 Å². The van der Waals surface area contributed by atoms with Crippen LogP contribution in [-0.4, -0.2) is 57.3 Å². The molecule has 1 saturated heterocycles. The van der Waals surface area contributed by atoms with E-state index < -0.39 is 0 Å². The van der Waals surface area contributed by atoms with Crippen LogP contribution in [-0.2, 0) is 4.74 Å². The minimum Gasteiger partial charge on any atom is -0.494 e. The van der Waals surface area contributed by atoms with E-state index in [1.165, 1.54) is 37.8 Å². The van der Waals surface area contributed by atoms with E-state index in [0.29, 0.717) is 5.56 Å². The highest BCUT2D eigenvalue weighted by Gasteiger charge is 2.18. The number of carbonyl (C=O) groups excluding carboxylic acids is 1. The maximum atomic E-state index is 11.4. The van der Waals surface area contributed by atoms with Gasteiger partial charge in [0.2, 0.25) is 0 Å². The summed E-state index contributed by atoms with van der Waals surface area (Å²) in [6.07, 6.45) is 8.98. The first-order chi connectivity index (χ1) is 15.7. The Morgan fingerprint density at radius 1 is 0.844 bits per heavy atom. The van der Waals surface area contributed by atoms with Crippen molar-refractivity contribution in [2.24, 2.45) is 0 Å². The first-order valence-corrected chi connectivity index (χ1v) is 11.9. The molecule has 1 aromatic carbocycles. The fourth-order valence-electron chi connectivity index (χ4n) is 3.97. The summed E-state index contributed by atoms with van der Waals surface area (Å²) in [6.45, 7) is 6.94. The molecule has 6 nitrogen and oxygen atoms in total. The number of aromatic nitrogens is 1. The zero-order chi connectivity index (χ0) is 22.6. The molecule has 0 unspecified atom stereocenters. The third kappa shape index (κ3) is 7.52. The fourth-order valence-corrected chi connectivity index (χ4v) is 3.97. The third-order valence-electron chi connectivity index (χ3n) is 5.97. The Labute approximate surface area is 192 Å². The minimum atomic E-state index is 0.0509. The zero-order valence-electron chi connectivity index (χ0n) is 19.6. The molecule has 0 amide bonds. The van der Waals surface area contributed by atoms with Gasteiger partial charge in [-0.2, -0.15) is 0 Å². The molecule has 6 heteroatoms. The number of rotatable bonds is 13. The van der Waals surface area contributed by atoms with Crippen molar-refractivity contribution in [1.82, 2.24) is 4.98 Å². The van der Waals surface area contributed by atoms with Crippen molar-refractivity contribution < 1.29 is 14.3 Å². The zero-order valence-corrected chi connectivity index (χ0v) is 19.6. The molecule has 1 aliphatic rings. The standard InChI is InChI=1S/C26H37N3O3/c1-22(30)23-9-14-26(27-21-23)29-17-15-28(16-18-29)24-10-12-25(13-11-24)32-20-8-6-4-3-5-7-19-31-2/h9-14,21H,3-8,15-20H2,1-2H3. The van der Waals surface area contributed by atoms with E-state index in [-0.39, 0.29) is 5.78 Å². The Hall–Kier alpha value is -2.60. The molecule has 2 aromatic rings. The van der Waals surface area contributed by atoms with Gasteiger partial charge in [-0.05, 0) is 56.2 Å². The van der Waals surface area contributed by atoms with Gasteiger partial charge < -0.3 is 19.3 Å². The number of piperazine rings is 1. The van der Waals surface area contributed by atoms with E-state index in [2.05, 4.69) is 39.0 Å². The van der Waals surface area contributed by atoms with Crippen molar-refractivity contribution in [3.8, 4) is 5.75 Å². The average Bonchev–Trinajstić information content (AvgIpc) is 2.83. The lowest BCUT2D eigenvalue weighted by Gasteiger charge is -2.36. The number of anilines is 2. The van der Waals surface area contributed by atoms with Crippen molar-refractivity contribution >= 4 is 17.3 Å². The van der Waals surface area contributed by atoms with Gasteiger partial charge in [0.15, 0.2) is 5.78 Å². The first kappa shape index (κ1) is 24.1. The summed E-state index contributed by atoms with van der Waals surface area (Å²) >= 11 is 0. The molecule has 0 radical (unpaired) electrons. The van der Waals surface area contributed by atoms with Gasteiger partial charge in [-0.3, -0.25) is 4.79 Å². The second kappa shape index (κ2) is 13.1. The van der Waals surface area contributed by atoms with Gasteiger partial charge >= 0.3 is 0 Å². The molecule has 2 heterocycles. The van der Waals surface area contributed by atoms with Gasteiger partial charge in [0.05, 0.1) is 6.61 Å². The molecule has 3 rings (SSSR count). The number of hydrogen-bond acceptors (Lipinski definition) is 6. The number of methoxy groups -OCH3 is 1. The molecular weight excluding hydrogens is 402 g/mol. The van der Waals surface area contributed by atoms with Gasteiger partial charge in [-0.1, -0.05) is 25.7 Å².